The lowest BCUT2D eigenvalue weighted by atomic mass is 10.1. The minimum atomic E-state index is 1.22. The first-order chi connectivity index (χ1) is 5.86. The van der Waals surface area contributed by atoms with E-state index in [1.807, 2.05) is 6.07 Å². The van der Waals surface area contributed by atoms with Crippen LogP contribution in [0.15, 0.2) is 35.7 Å². The Bertz CT molecular complexity index is 343. The van der Waals surface area contributed by atoms with Gasteiger partial charge in [0.25, 0.3) is 0 Å². The molecule has 1 aromatic heterocycles. The Hall–Kier alpha value is -1.08. The van der Waals surface area contributed by atoms with E-state index in [0.717, 1.165) is 0 Å². The fourth-order valence-corrected chi connectivity index (χ4v) is 1.78. The van der Waals surface area contributed by atoms with Gasteiger partial charge in [-0.15, -0.1) is 11.3 Å². The predicted molar refractivity (Wildman–Crippen MR) is 53.3 cm³/mol. The molecule has 59 valence electrons. The minimum absolute atomic E-state index is 1.22. The second-order valence-electron chi connectivity index (χ2n) is 2.76. The van der Waals surface area contributed by atoms with Crippen molar-refractivity contribution in [3.8, 4) is 10.4 Å². The fourth-order valence-electron chi connectivity index (χ4n) is 1.10. The molecular formula is C11H9S. The summed E-state index contributed by atoms with van der Waals surface area (Å²) in [5, 5.41) is 2.05. The molecule has 0 aliphatic carbocycles. The lowest BCUT2D eigenvalue weighted by molar-refractivity contribution is 1.48. The van der Waals surface area contributed by atoms with Crippen molar-refractivity contribution in [1.82, 2.24) is 0 Å². The van der Waals surface area contributed by atoms with E-state index in [-0.39, 0.29) is 0 Å². The summed E-state index contributed by atoms with van der Waals surface area (Å²) >= 11 is 1.73. The van der Waals surface area contributed by atoms with Crippen LogP contribution in [0.5, 0.6) is 0 Å². The van der Waals surface area contributed by atoms with Crippen LogP contribution in [0, 0.1) is 13.0 Å². The Morgan fingerprint density at radius 1 is 1.17 bits per heavy atom. The third-order valence-electron chi connectivity index (χ3n) is 1.78. The molecule has 0 saturated heterocycles. The van der Waals surface area contributed by atoms with Crippen molar-refractivity contribution in [1.29, 1.82) is 0 Å². The summed E-state index contributed by atoms with van der Waals surface area (Å²) in [5.41, 5.74) is 2.56. The smallest absolute Gasteiger partial charge is 0.0421 e. The molecule has 2 rings (SSSR count). The monoisotopic (exact) mass is 173 g/mol. The van der Waals surface area contributed by atoms with Gasteiger partial charge in [0.1, 0.15) is 0 Å². The zero-order chi connectivity index (χ0) is 8.39. The molecule has 0 amide bonds. The molecule has 1 radical (unpaired) electrons. The second kappa shape index (κ2) is 3.11. The summed E-state index contributed by atoms with van der Waals surface area (Å²) in [4.78, 5) is 1.22. The predicted octanol–water partition coefficient (Wildman–Crippen LogP) is 3.52. The molecule has 1 heterocycles. The standard InChI is InChI=1S/C11H9S/c1-9-4-6-10(7-5-9)11-3-2-8-12-11/h2,4-8H,1H3. The average Bonchev–Trinajstić information content (AvgIpc) is 2.58. The summed E-state index contributed by atoms with van der Waals surface area (Å²) in [5.74, 6) is 0. The van der Waals surface area contributed by atoms with Crippen LogP contribution in [-0.4, -0.2) is 0 Å². The molecule has 0 fully saturated rings. The topological polar surface area (TPSA) is 0 Å². The number of aryl methyl sites for hydroxylation is 1. The Labute approximate surface area is 76.5 Å². The Morgan fingerprint density at radius 3 is 2.50 bits per heavy atom. The molecule has 0 unspecified atom stereocenters. The van der Waals surface area contributed by atoms with E-state index in [2.05, 4.69) is 42.6 Å². The molecule has 0 nitrogen and oxygen atoms in total. The van der Waals surface area contributed by atoms with Crippen molar-refractivity contribution >= 4 is 11.3 Å². The molecular weight excluding hydrogens is 164 g/mol. The Morgan fingerprint density at radius 2 is 1.92 bits per heavy atom. The number of benzene rings is 1. The van der Waals surface area contributed by atoms with Gasteiger partial charge < -0.3 is 0 Å². The largest absolute Gasteiger partial charge is 0.143 e. The maximum atomic E-state index is 3.19. The highest BCUT2D eigenvalue weighted by Gasteiger charge is 1.96. The summed E-state index contributed by atoms with van der Waals surface area (Å²) < 4.78 is 0. The highest BCUT2D eigenvalue weighted by molar-refractivity contribution is 7.13. The van der Waals surface area contributed by atoms with Gasteiger partial charge >= 0.3 is 0 Å². The van der Waals surface area contributed by atoms with Gasteiger partial charge in [-0.2, -0.15) is 0 Å². The van der Waals surface area contributed by atoms with E-state index in [1.54, 1.807) is 11.3 Å². The molecule has 0 aliphatic heterocycles. The maximum Gasteiger partial charge on any atom is 0.0421 e. The van der Waals surface area contributed by atoms with Gasteiger partial charge in [0.15, 0.2) is 0 Å². The second-order valence-corrected chi connectivity index (χ2v) is 3.68. The molecule has 2 aromatic rings. The van der Waals surface area contributed by atoms with Gasteiger partial charge in [-0.25, -0.2) is 0 Å². The molecule has 0 N–H and O–H groups in total. The van der Waals surface area contributed by atoms with Gasteiger partial charge in [0.2, 0.25) is 0 Å². The summed E-state index contributed by atoms with van der Waals surface area (Å²) in [6.07, 6.45) is 0. The Balaban J connectivity index is 2.43. The molecule has 0 aliphatic rings. The molecule has 0 atom stereocenters. The van der Waals surface area contributed by atoms with Crippen LogP contribution in [0.25, 0.3) is 10.4 Å². The first-order valence-corrected chi connectivity index (χ1v) is 4.76. The van der Waals surface area contributed by atoms with Crippen LogP contribution in [0.3, 0.4) is 0 Å². The van der Waals surface area contributed by atoms with Crippen molar-refractivity contribution in [3.05, 3.63) is 47.3 Å². The number of rotatable bonds is 1. The molecule has 0 spiro atoms. The zero-order valence-corrected chi connectivity index (χ0v) is 7.69. The first kappa shape index (κ1) is 7.56. The van der Waals surface area contributed by atoms with E-state index < -0.39 is 0 Å². The van der Waals surface area contributed by atoms with E-state index >= 15 is 0 Å². The Kier molecular flexibility index (Phi) is 1.96. The van der Waals surface area contributed by atoms with Crippen LogP contribution >= 0.6 is 11.3 Å². The van der Waals surface area contributed by atoms with Gasteiger partial charge in [0, 0.05) is 10.9 Å². The third-order valence-corrected chi connectivity index (χ3v) is 2.64. The van der Waals surface area contributed by atoms with Gasteiger partial charge in [-0.05, 0) is 23.9 Å². The summed E-state index contributed by atoms with van der Waals surface area (Å²) in [6, 6.07) is 13.7. The van der Waals surface area contributed by atoms with Gasteiger partial charge in [0.05, 0.1) is 0 Å². The summed E-state index contributed by atoms with van der Waals surface area (Å²) in [6.45, 7) is 2.10. The van der Waals surface area contributed by atoms with E-state index in [4.69, 9.17) is 0 Å². The van der Waals surface area contributed by atoms with Crippen molar-refractivity contribution < 1.29 is 0 Å². The number of hydrogen-bond donors (Lipinski definition) is 0. The molecule has 12 heavy (non-hydrogen) atoms. The molecule has 0 bridgehead atoms. The van der Waals surface area contributed by atoms with Crippen molar-refractivity contribution in [2.24, 2.45) is 0 Å². The lowest BCUT2D eigenvalue weighted by Gasteiger charge is -1.96. The fraction of sp³-hybridized carbons (Fsp3) is 0.0909. The van der Waals surface area contributed by atoms with E-state index in [1.165, 1.54) is 16.0 Å². The van der Waals surface area contributed by atoms with Crippen LogP contribution in [-0.2, 0) is 0 Å². The van der Waals surface area contributed by atoms with Crippen molar-refractivity contribution in [2.45, 2.75) is 6.92 Å². The van der Waals surface area contributed by atoms with Gasteiger partial charge in [-0.3, -0.25) is 0 Å². The van der Waals surface area contributed by atoms with Crippen LogP contribution in [0.1, 0.15) is 5.56 Å². The van der Waals surface area contributed by atoms with Gasteiger partial charge in [-0.1, -0.05) is 29.8 Å². The quantitative estimate of drug-likeness (QED) is 0.619. The molecule has 1 aromatic carbocycles. The highest BCUT2D eigenvalue weighted by Crippen LogP contribution is 2.23. The first-order valence-electron chi connectivity index (χ1n) is 3.88. The highest BCUT2D eigenvalue weighted by atomic mass is 32.1. The van der Waals surface area contributed by atoms with Crippen LogP contribution in [0.4, 0.5) is 0 Å². The summed E-state index contributed by atoms with van der Waals surface area (Å²) in [7, 11) is 0. The zero-order valence-electron chi connectivity index (χ0n) is 6.87. The number of hydrogen-bond acceptors (Lipinski definition) is 1. The SMILES string of the molecule is Cc1ccc(-c2[c]ccs2)cc1. The van der Waals surface area contributed by atoms with E-state index in [9.17, 15) is 0 Å². The van der Waals surface area contributed by atoms with Crippen LogP contribution in [0.2, 0.25) is 0 Å². The number of thiophene rings is 1. The van der Waals surface area contributed by atoms with E-state index in [0.29, 0.717) is 0 Å². The van der Waals surface area contributed by atoms with Crippen molar-refractivity contribution in [2.75, 3.05) is 0 Å². The lowest BCUT2D eigenvalue weighted by Crippen LogP contribution is -1.72. The minimum Gasteiger partial charge on any atom is -0.143 e. The maximum absolute atomic E-state index is 3.19. The average molecular weight is 173 g/mol. The third kappa shape index (κ3) is 1.41. The molecule has 1 heteroatoms. The van der Waals surface area contributed by atoms with Crippen LogP contribution < -0.4 is 0 Å². The van der Waals surface area contributed by atoms with Crippen molar-refractivity contribution in [3.63, 3.8) is 0 Å². The molecule has 0 saturated carbocycles. The normalized spacial score (nSPS) is 10.1.